The molecule has 0 radical (unpaired) electrons. The fourth-order valence-electron chi connectivity index (χ4n) is 0.918. The molecule has 78 valence electrons. The van der Waals surface area contributed by atoms with Crippen LogP contribution >= 0.6 is 0 Å². The molecule has 0 aromatic heterocycles. The number of nitro groups is 1. The van der Waals surface area contributed by atoms with Crippen LogP contribution < -0.4 is 5.73 Å². The van der Waals surface area contributed by atoms with Crippen LogP contribution in [0, 0.1) is 33.6 Å². The van der Waals surface area contributed by atoms with Crippen LogP contribution in [0.5, 0.6) is 0 Å². The zero-order valence-corrected chi connectivity index (χ0v) is 7.46. The maximum absolute atomic E-state index is 13.1. The topological polar surface area (TPSA) is 69.2 Å². The lowest BCUT2D eigenvalue weighted by Crippen LogP contribution is -1.97. The van der Waals surface area contributed by atoms with Crippen molar-refractivity contribution in [3.05, 3.63) is 39.4 Å². The molecule has 0 unspecified atom stereocenters. The standard InChI is InChI=1S/C9H6F2N2O2/c10-7-5-9(13(14)15)8(11)4-6(7)2-1-3-12/h4-5H,3,12H2. The van der Waals surface area contributed by atoms with Gasteiger partial charge in [0, 0.05) is 0 Å². The summed E-state index contributed by atoms with van der Waals surface area (Å²) in [6, 6.07) is 1.17. The Hall–Kier alpha value is -2.00. The molecule has 0 amide bonds. The highest BCUT2D eigenvalue weighted by Gasteiger charge is 2.17. The van der Waals surface area contributed by atoms with Gasteiger partial charge in [-0.25, -0.2) is 4.39 Å². The van der Waals surface area contributed by atoms with Crippen molar-refractivity contribution < 1.29 is 13.7 Å². The SMILES string of the molecule is NCC#Cc1cc(F)c([N+](=O)[O-])cc1F. The van der Waals surface area contributed by atoms with E-state index in [0.717, 1.165) is 0 Å². The van der Waals surface area contributed by atoms with Gasteiger partial charge in [-0.3, -0.25) is 10.1 Å². The van der Waals surface area contributed by atoms with Gasteiger partial charge in [0.05, 0.1) is 23.1 Å². The lowest BCUT2D eigenvalue weighted by molar-refractivity contribution is -0.387. The Bertz CT molecular complexity index is 463. The fraction of sp³-hybridized carbons (Fsp3) is 0.111. The van der Waals surface area contributed by atoms with E-state index in [-0.39, 0.29) is 12.1 Å². The molecule has 2 N–H and O–H groups in total. The van der Waals surface area contributed by atoms with E-state index in [4.69, 9.17) is 5.73 Å². The van der Waals surface area contributed by atoms with Gasteiger partial charge in [0.25, 0.3) is 0 Å². The van der Waals surface area contributed by atoms with E-state index in [2.05, 4.69) is 11.8 Å². The van der Waals surface area contributed by atoms with E-state index in [1.165, 1.54) is 0 Å². The van der Waals surface area contributed by atoms with Crippen LogP contribution in [0.1, 0.15) is 5.56 Å². The van der Waals surface area contributed by atoms with Gasteiger partial charge in [0.1, 0.15) is 5.82 Å². The smallest absolute Gasteiger partial charge is 0.307 e. The zero-order valence-electron chi connectivity index (χ0n) is 7.46. The monoisotopic (exact) mass is 212 g/mol. The maximum Gasteiger partial charge on any atom is 0.307 e. The predicted molar refractivity (Wildman–Crippen MR) is 48.9 cm³/mol. The van der Waals surface area contributed by atoms with Gasteiger partial charge >= 0.3 is 5.69 Å². The van der Waals surface area contributed by atoms with E-state index >= 15 is 0 Å². The molecule has 0 fully saturated rings. The van der Waals surface area contributed by atoms with Gasteiger partial charge < -0.3 is 5.73 Å². The third-order valence-corrected chi connectivity index (χ3v) is 1.56. The molecule has 0 bridgehead atoms. The first-order valence-corrected chi connectivity index (χ1v) is 3.88. The average Bonchev–Trinajstić information content (AvgIpc) is 2.18. The molecule has 0 saturated heterocycles. The summed E-state index contributed by atoms with van der Waals surface area (Å²) in [5, 5.41) is 10.2. The molecule has 0 aliphatic carbocycles. The lowest BCUT2D eigenvalue weighted by Gasteiger charge is -1.96. The summed E-state index contributed by atoms with van der Waals surface area (Å²) >= 11 is 0. The molecular weight excluding hydrogens is 206 g/mol. The van der Waals surface area contributed by atoms with Crippen molar-refractivity contribution in [3.8, 4) is 11.8 Å². The quantitative estimate of drug-likeness (QED) is 0.431. The van der Waals surface area contributed by atoms with Crippen molar-refractivity contribution >= 4 is 5.69 Å². The molecule has 1 aromatic rings. The van der Waals surface area contributed by atoms with Gasteiger partial charge in [0.2, 0.25) is 5.82 Å². The molecule has 0 spiro atoms. The van der Waals surface area contributed by atoms with Crippen LogP contribution in [0.15, 0.2) is 12.1 Å². The van der Waals surface area contributed by atoms with Crippen molar-refractivity contribution in [2.45, 2.75) is 0 Å². The highest BCUT2D eigenvalue weighted by Crippen LogP contribution is 2.20. The second-order valence-corrected chi connectivity index (χ2v) is 2.55. The van der Waals surface area contributed by atoms with Crippen molar-refractivity contribution in [1.82, 2.24) is 0 Å². The predicted octanol–water partition coefficient (Wildman–Crippen LogP) is 1.18. The van der Waals surface area contributed by atoms with Gasteiger partial charge in [-0.1, -0.05) is 11.8 Å². The Morgan fingerprint density at radius 2 is 2.07 bits per heavy atom. The molecule has 0 saturated carbocycles. The van der Waals surface area contributed by atoms with Crippen LogP contribution in [0.3, 0.4) is 0 Å². The van der Waals surface area contributed by atoms with E-state index in [0.29, 0.717) is 12.1 Å². The molecule has 15 heavy (non-hydrogen) atoms. The highest BCUT2D eigenvalue weighted by molar-refractivity contribution is 5.43. The van der Waals surface area contributed by atoms with Gasteiger partial charge in [-0.05, 0) is 6.07 Å². The molecule has 4 nitrogen and oxygen atoms in total. The Morgan fingerprint density at radius 3 is 2.60 bits per heavy atom. The Kier molecular flexibility index (Phi) is 3.31. The molecule has 1 aromatic carbocycles. The van der Waals surface area contributed by atoms with Crippen LogP contribution in [-0.2, 0) is 0 Å². The summed E-state index contributed by atoms with van der Waals surface area (Å²) in [5.41, 5.74) is 3.89. The molecule has 0 atom stereocenters. The zero-order chi connectivity index (χ0) is 11.4. The van der Waals surface area contributed by atoms with Crippen LogP contribution in [0.25, 0.3) is 0 Å². The van der Waals surface area contributed by atoms with Crippen molar-refractivity contribution in [3.63, 3.8) is 0 Å². The fourth-order valence-corrected chi connectivity index (χ4v) is 0.918. The Labute approximate surface area is 83.8 Å². The number of benzene rings is 1. The maximum atomic E-state index is 13.1. The first kappa shape index (κ1) is 11.1. The summed E-state index contributed by atoms with van der Waals surface area (Å²) in [4.78, 5) is 9.24. The van der Waals surface area contributed by atoms with Crippen LogP contribution in [0.4, 0.5) is 14.5 Å². The number of halogens is 2. The minimum atomic E-state index is -1.12. The largest absolute Gasteiger partial charge is 0.320 e. The number of nitrogens with zero attached hydrogens (tertiary/aromatic N) is 1. The summed E-state index contributed by atoms with van der Waals surface area (Å²) in [7, 11) is 0. The van der Waals surface area contributed by atoms with Gasteiger partial charge in [-0.15, -0.1) is 0 Å². The Balaban J connectivity index is 3.25. The van der Waals surface area contributed by atoms with E-state index < -0.39 is 22.2 Å². The molecule has 0 aliphatic rings. The first-order valence-electron chi connectivity index (χ1n) is 3.88. The molecule has 0 aliphatic heterocycles. The van der Waals surface area contributed by atoms with Crippen molar-refractivity contribution in [2.24, 2.45) is 5.73 Å². The normalized spacial score (nSPS) is 9.27. The van der Waals surface area contributed by atoms with Gasteiger partial charge in [-0.2, -0.15) is 4.39 Å². The second kappa shape index (κ2) is 4.48. The summed E-state index contributed by atoms with van der Waals surface area (Å²) < 4.78 is 26.1. The number of nitro benzene ring substituents is 1. The van der Waals surface area contributed by atoms with Crippen LogP contribution in [0.2, 0.25) is 0 Å². The molecular formula is C9H6F2N2O2. The first-order chi connectivity index (χ1) is 7.06. The molecule has 6 heteroatoms. The lowest BCUT2D eigenvalue weighted by atomic mass is 10.2. The van der Waals surface area contributed by atoms with E-state index in [1.54, 1.807) is 0 Å². The third-order valence-electron chi connectivity index (χ3n) is 1.56. The van der Waals surface area contributed by atoms with Crippen molar-refractivity contribution in [1.29, 1.82) is 0 Å². The molecule has 1 rings (SSSR count). The number of nitrogens with two attached hydrogens (primary N) is 1. The average molecular weight is 212 g/mol. The van der Waals surface area contributed by atoms with Gasteiger partial charge in [0.15, 0.2) is 0 Å². The number of hydrogen-bond acceptors (Lipinski definition) is 3. The second-order valence-electron chi connectivity index (χ2n) is 2.55. The minimum Gasteiger partial charge on any atom is -0.320 e. The van der Waals surface area contributed by atoms with Crippen LogP contribution in [-0.4, -0.2) is 11.5 Å². The number of rotatable bonds is 1. The molecule has 0 heterocycles. The highest BCUT2D eigenvalue weighted by atomic mass is 19.1. The van der Waals surface area contributed by atoms with E-state index in [9.17, 15) is 18.9 Å². The van der Waals surface area contributed by atoms with E-state index in [1.807, 2.05) is 0 Å². The summed E-state index contributed by atoms with van der Waals surface area (Å²) in [6.07, 6.45) is 0. The third kappa shape index (κ3) is 2.48. The van der Waals surface area contributed by atoms with Crippen molar-refractivity contribution in [2.75, 3.05) is 6.54 Å². The minimum absolute atomic E-state index is 0.00194. The summed E-state index contributed by atoms with van der Waals surface area (Å²) in [5.74, 6) is 2.53. The Morgan fingerprint density at radius 1 is 1.40 bits per heavy atom. The summed E-state index contributed by atoms with van der Waals surface area (Å²) in [6.45, 7) is -0.00194. The number of hydrogen-bond donors (Lipinski definition) is 1.